The van der Waals surface area contributed by atoms with Gasteiger partial charge in [-0.15, -0.1) is 0 Å². The number of pyridine rings is 1. The molecule has 0 aliphatic carbocycles. The van der Waals surface area contributed by atoms with E-state index < -0.39 is 0 Å². The Morgan fingerprint density at radius 1 is 1.22 bits per heavy atom. The van der Waals surface area contributed by atoms with Gasteiger partial charge in [-0.05, 0) is 38.8 Å². The van der Waals surface area contributed by atoms with E-state index in [-0.39, 0.29) is 5.41 Å². The van der Waals surface area contributed by atoms with E-state index in [1.54, 1.807) is 0 Å². The minimum atomic E-state index is 0.0206. The van der Waals surface area contributed by atoms with Crippen LogP contribution in [0.3, 0.4) is 0 Å². The number of hydrogen-bond acceptors (Lipinski definition) is 3. The van der Waals surface area contributed by atoms with Gasteiger partial charge in [0.05, 0.1) is 0 Å². The first-order valence-corrected chi connectivity index (χ1v) is 6.50. The third-order valence-corrected chi connectivity index (χ3v) is 2.74. The maximum Gasteiger partial charge on any atom is 0.130 e. The number of piperazine rings is 1. The highest BCUT2D eigenvalue weighted by molar-refractivity contribution is 5.43. The predicted molar refractivity (Wildman–Crippen MR) is 75.7 cm³/mol. The molecule has 0 atom stereocenters. The Morgan fingerprint density at radius 3 is 2.61 bits per heavy atom. The van der Waals surface area contributed by atoms with Gasteiger partial charge in [-0.25, -0.2) is 4.98 Å². The van der Waals surface area contributed by atoms with Crippen molar-refractivity contribution in [3.63, 3.8) is 0 Å². The summed E-state index contributed by atoms with van der Waals surface area (Å²) in [5.41, 5.74) is 0.883. The highest BCUT2D eigenvalue weighted by Gasteiger charge is 2.11. The van der Waals surface area contributed by atoms with E-state index in [4.69, 9.17) is 0 Å². The Kier molecular flexibility index (Phi) is 3.88. The van der Waals surface area contributed by atoms with E-state index in [1.165, 1.54) is 0 Å². The molecule has 0 amide bonds. The SMILES string of the molecule is CC(C)(C)C#Cc1cccc(N2CCNCC2)n1. The van der Waals surface area contributed by atoms with Gasteiger partial charge in [-0.3, -0.25) is 0 Å². The fraction of sp³-hybridized carbons (Fsp3) is 0.533. The molecular formula is C15H21N3. The molecule has 1 aromatic rings. The van der Waals surface area contributed by atoms with Crippen LogP contribution in [0.25, 0.3) is 0 Å². The fourth-order valence-corrected chi connectivity index (χ4v) is 1.81. The van der Waals surface area contributed by atoms with Crippen LogP contribution in [0.2, 0.25) is 0 Å². The van der Waals surface area contributed by atoms with Crippen molar-refractivity contribution in [2.24, 2.45) is 5.41 Å². The quantitative estimate of drug-likeness (QED) is 0.763. The van der Waals surface area contributed by atoms with Gasteiger partial charge < -0.3 is 10.2 Å². The molecule has 1 fully saturated rings. The molecule has 1 aliphatic rings. The van der Waals surface area contributed by atoms with E-state index in [0.29, 0.717) is 0 Å². The zero-order chi connectivity index (χ0) is 13.0. The van der Waals surface area contributed by atoms with Crippen molar-refractivity contribution in [1.82, 2.24) is 10.3 Å². The lowest BCUT2D eigenvalue weighted by Gasteiger charge is -2.28. The minimum absolute atomic E-state index is 0.0206. The van der Waals surface area contributed by atoms with Crippen molar-refractivity contribution in [2.45, 2.75) is 20.8 Å². The van der Waals surface area contributed by atoms with Gasteiger partial charge in [0.2, 0.25) is 0 Å². The largest absolute Gasteiger partial charge is 0.354 e. The summed E-state index contributed by atoms with van der Waals surface area (Å²) in [6.45, 7) is 10.4. The van der Waals surface area contributed by atoms with E-state index >= 15 is 0 Å². The van der Waals surface area contributed by atoms with E-state index in [9.17, 15) is 0 Å². The average Bonchev–Trinajstić information content (AvgIpc) is 2.37. The molecule has 0 spiro atoms. The van der Waals surface area contributed by atoms with Gasteiger partial charge in [-0.1, -0.05) is 12.0 Å². The highest BCUT2D eigenvalue weighted by atomic mass is 15.2. The summed E-state index contributed by atoms with van der Waals surface area (Å²) < 4.78 is 0. The lowest BCUT2D eigenvalue weighted by Crippen LogP contribution is -2.43. The number of nitrogens with one attached hydrogen (secondary N) is 1. The topological polar surface area (TPSA) is 28.2 Å². The molecule has 96 valence electrons. The lowest BCUT2D eigenvalue weighted by molar-refractivity contribution is 0.571. The normalized spacial score (nSPS) is 16.1. The molecule has 3 nitrogen and oxygen atoms in total. The molecule has 2 rings (SSSR count). The average molecular weight is 243 g/mol. The summed E-state index contributed by atoms with van der Waals surface area (Å²) in [7, 11) is 0. The minimum Gasteiger partial charge on any atom is -0.354 e. The number of hydrogen-bond donors (Lipinski definition) is 1. The molecule has 2 heterocycles. The third-order valence-electron chi connectivity index (χ3n) is 2.74. The van der Waals surface area contributed by atoms with Gasteiger partial charge in [-0.2, -0.15) is 0 Å². The molecule has 3 heteroatoms. The molecule has 0 aromatic carbocycles. The Bertz CT molecular complexity index is 457. The molecule has 1 aliphatic heterocycles. The molecule has 0 saturated carbocycles. The van der Waals surface area contributed by atoms with E-state index in [1.807, 2.05) is 12.1 Å². The van der Waals surface area contributed by atoms with Crippen molar-refractivity contribution in [1.29, 1.82) is 0 Å². The van der Waals surface area contributed by atoms with Crippen LogP contribution < -0.4 is 10.2 Å². The smallest absolute Gasteiger partial charge is 0.130 e. The second-order valence-corrected chi connectivity index (χ2v) is 5.62. The second-order valence-electron chi connectivity index (χ2n) is 5.62. The maximum atomic E-state index is 4.62. The molecular weight excluding hydrogens is 222 g/mol. The van der Waals surface area contributed by atoms with Crippen LogP contribution >= 0.6 is 0 Å². The Balaban J connectivity index is 2.16. The third kappa shape index (κ3) is 3.75. The van der Waals surface area contributed by atoms with Gasteiger partial charge in [0.15, 0.2) is 0 Å². The summed E-state index contributed by atoms with van der Waals surface area (Å²) in [4.78, 5) is 6.93. The molecule has 1 aromatic heterocycles. The number of rotatable bonds is 1. The van der Waals surface area contributed by atoms with Gasteiger partial charge in [0.1, 0.15) is 11.5 Å². The van der Waals surface area contributed by atoms with Crippen LogP contribution in [0.1, 0.15) is 26.5 Å². The Morgan fingerprint density at radius 2 is 1.94 bits per heavy atom. The van der Waals surface area contributed by atoms with Crippen LogP contribution in [0.4, 0.5) is 5.82 Å². The maximum absolute atomic E-state index is 4.62. The summed E-state index contributed by atoms with van der Waals surface area (Å²) in [5, 5.41) is 3.35. The van der Waals surface area contributed by atoms with Gasteiger partial charge >= 0.3 is 0 Å². The van der Waals surface area contributed by atoms with Crippen LogP contribution in [0.5, 0.6) is 0 Å². The fourth-order valence-electron chi connectivity index (χ4n) is 1.81. The van der Waals surface area contributed by atoms with Gasteiger partial charge in [0, 0.05) is 31.6 Å². The predicted octanol–water partition coefficient (Wildman–Crippen LogP) is 1.89. The molecule has 1 saturated heterocycles. The molecule has 0 radical (unpaired) electrons. The van der Waals surface area contributed by atoms with Crippen molar-refractivity contribution < 1.29 is 0 Å². The highest BCUT2D eigenvalue weighted by Crippen LogP contribution is 2.13. The van der Waals surface area contributed by atoms with Crippen LogP contribution in [0.15, 0.2) is 18.2 Å². The first-order valence-electron chi connectivity index (χ1n) is 6.50. The zero-order valence-corrected chi connectivity index (χ0v) is 11.5. The lowest BCUT2D eigenvalue weighted by atomic mass is 9.98. The summed E-state index contributed by atoms with van der Waals surface area (Å²) in [6.07, 6.45) is 0. The summed E-state index contributed by atoms with van der Waals surface area (Å²) in [5.74, 6) is 7.42. The van der Waals surface area contributed by atoms with Crippen LogP contribution in [-0.2, 0) is 0 Å². The second kappa shape index (κ2) is 5.41. The first-order chi connectivity index (χ1) is 8.54. The van der Waals surface area contributed by atoms with Crippen molar-refractivity contribution >= 4 is 5.82 Å². The van der Waals surface area contributed by atoms with Crippen LogP contribution in [-0.4, -0.2) is 31.2 Å². The Labute approximate surface area is 110 Å². The number of anilines is 1. The van der Waals surface area contributed by atoms with E-state index in [2.05, 4.69) is 53.9 Å². The molecule has 0 bridgehead atoms. The number of nitrogens with zero attached hydrogens (tertiary/aromatic N) is 2. The molecule has 1 N–H and O–H groups in total. The summed E-state index contributed by atoms with van der Waals surface area (Å²) in [6, 6.07) is 6.08. The van der Waals surface area contributed by atoms with Crippen molar-refractivity contribution in [3.05, 3.63) is 23.9 Å². The standard InChI is InChI=1S/C15H21N3/c1-15(2,3)8-7-13-5-4-6-14(17-13)18-11-9-16-10-12-18/h4-6,16H,9-12H2,1-3H3. The van der Waals surface area contributed by atoms with E-state index in [0.717, 1.165) is 37.7 Å². The Hall–Kier alpha value is -1.53. The van der Waals surface area contributed by atoms with Crippen LogP contribution in [0, 0.1) is 17.3 Å². The number of aromatic nitrogens is 1. The van der Waals surface area contributed by atoms with Crippen molar-refractivity contribution in [3.8, 4) is 11.8 Å². The van der Waals surface area contributed by atoms with Gasteiger partial charge in [0.25, 0.3) is 0 Å². The molecule has 18 heavy (non-hydrogen) atoms. The van der Waals surface area contributed by atoms with Crippen molar-refractivity contribution in [2.75, 3.05) is 31.1 Å². The zero-order valence-electron chi connectivity index (χ0n) is 11.5. The molecule has 0 unspecified atom stereocenters. The summed E-state index contributed by atoms with van der Waals surface area (Å²) >= 11 is 0. The monoisotopic (exact) mass is 243 g/mol. The first kappa shape index (κ1) is 12.9.